The normalized spacial score (nSPS) is 11.5. The second-order valence-electron chi connectivity index (χ2n) is 2.91. The van der Waals surface area contributed by atoms with Crippen LogP contribution in [-0.4, -0.2) is 11.7 Å². The monoisotopic (exact) mass is 154 g/mol. The SMILES string of the molecule is C/C=C(\C=C(C)C)CCCO. The molecular weight excluding hydrogens is 136 g/mol. The molecule has 64 valence electrons. The minimum Gasteiger partial charge on any atom is -0.396 e. The van der Waals surface area contributed by atoms with Crippen molar-refractivity contribution >= 4 is 0 Å². The molecule has 0 atom stereocenters. The van der Waals surface area contributed by atoms with Gasteiger partial charge in [0.1, 0.15) is 0 Å². The van der Waals surface area contributed by atoms with Crippen LogP contribution in [0.1, 0.15) is 33.6 Å². The molecule has 0 aliphatic rings. The van der Waals surface area contributed by atoms with Crippen molar-refractivity contribution in [3.05, 3.63) is 23.3 Å². The fourth-order valence-corrected chi connectivity index (χ4v) is 0.954. The van der Waals surface area contributed by atoms with Crippen LogP contribution in [0.5, 0.6) is 0 Å². The molecule has 0 heterocycles. The predicted octanol–water partition coefficient (Wildman–Crippen LogP) is 2.67. The molecule has 0 aliphatic carbocycles. The van der Waals surface area contributed by atoms with Crippen LogP contribution >= 0.6 is 0 Å². The molecule has 0 aromatic heterocycles. The molecule has 0 aromatic carbocycles. The third-order valence-corrected chi connectivity index (χ3v) is 1.47. The van der Waals surface area contributed by atoms with Gasteiger partial charge in [0.25, 0.3) is 0 Å². The fraction of sp³-hybridized carbons (Fsp3) is 0.600. The zero-order chi connectivity index (χ0) is 8.69. The summed E-state index contributed by atoms with van der Waals surface area (Å²) in [5.41, 5.74) is 2.63. The van der Waals surface area contributed by atoms with E-state index in [0.717, 1.165) is 12.8 Å². The first-order valence-electron chi connectivity index (χ1n) is 4.11. The van der Waals surface area contributed by atoms with Crippen LogP contribution in [0.15, 0.2) is 23.3 Å². The average molecular weight is 154 g/mol. The molecule has 0 radical (unpaired) electrons. The number of aliphatic hydroxyl groups is 1. The van der Waals surface area contributed by atoms with E-state index in [-0.39, 0.29) is 6.61 Å². The van der Waals surface area contributed by atoms with Crippen LogP contribution in [0.2, 0.25) is 0 Å². The molecule has 0 fully saturated rings. The van der Waals surface area contributed by atoms with Crippen LogP contribution in [0.4, 0.5) is 0 Å². The first kappa shape index (κ1) is 10.4. The smallest absolute Gasteiger partial charge is 0.0434 e. The summed E-state index contributed by atoms with van der Waals surface area (Å²) < 4.78 is 0. The predicted molar refractivity (Wildman–Crippen MR) is 49.5 cm³/mol. The Kier molecular flexibility index (Phi) is 5.86. The van der Waals surface area contributed by atoms with Gasteiger partial charge in [0.15, 0.2) is 0 Å². The van der Waals surface area contributed by atoms with E-state index in [2.05, 4.69) is 26.0 Å². The van der Waals surface area contributed by atoms with Gasteiger partial charge in [-0.15, -0.1) is 0 Å². The highest BCUT2D eigenvalue weighted by Crippen LogP contribution is 2.08. The average Bonchev–Trinajstić information content (AvgIpc) is 1.97. The van der Waals surface area contributed by atoms with Crippen LogP contribution in [0.3, 0.4) is 0 Å². The van der Waals surface area contributed by atoms with E-state index in [1.165, 1.54) is 11.1 Å². The lowest BCUT2D eigenvalue weighted by Crippen LogP contribution is -1.85. The maximum Gasteiger partial charge on any atom is 0.0434 e. The van der Waals surface area contributed by atoms with Gasteiger partial charge in [-0.3, -0.25) is 0 Å². The second kappa shape index (κ2) is 6.17. The van der Waals surface area contributed by atoms with Crippen LogP contribution in [0.25, 0.3) is 0 Å². The zero-order valence-electron chi connectivity index (χ0n) is 7.72. The van der Waals surface area contributed by atoms with Crippen molar-refractivity contribution in [2.24, 2.45) is 0 Å². The lowest BCUT2D eigenvalue weighted by molar-refractivity contribution is 0.289. The highest BCUT2D eigenvalue weighted by Gasteiger charge is 1.90. The summed E-state index contributed by atoms with van der Waals surface area (Å²) in [6.45, 7) is 6.49. The summed E-state index contributed by atoms with van der Waals surface area (Å²) in [5, 5.41) is 8.60. The maximum absolute atomic E-state index is 8.60. The third-order valence-electron chi connectivity index (χ3n) is 1.47. The molecule has 11 heavy (non-hydrogen) atoms. The lowest BCUT2D eigenvalue weighted by atomic mass is 10.1. The van der Waals surface area contributed by atoms with Gasteiger partial charge in [0.05, 0.1) is 0 Å². The van der Waals surface area contributed by atoms with E-state index >= 15 is 0 Å². The largest absolute Gasteiger partial charge is 0.396 e. The molecule has 1 N–H and O–H groups in total. The minimum atomic E-state index is 0.286. The summed E-state index contributed by atoms with van der Waals surface area (Å²) in [6, 6.07) is 0. The van der Waals surface area contributed by atoms with Gasteiger partial charge in [-0.05, 0) is 33.6 Å². The Labute approximate surface area is 69.4 Å². The summed E-state index contributed by atoms with van der Waals surface area (Å²) in [7, 11) is 0. The number of hydrogen-bond donors (Lipinski definition) is 1. The Morgan fingerprint density at radius 3 is 2.36 bits per heavy atom. The van der Waals surface area contributed by atoms with E-state index in [0.29, 0.717) is 0 Å². The standard InChI is InChI=1S/C10H18O/c1-4-10(6-5-7-11)8-9(2)3/h4,8,11H,5-7H2,1-3H3/b10-4-. The third kappa shape index (κ3) is 5.86. The Morgan fingerprint density at radius 2 is 2.00 bits per heavy atom. The van der Waals surface area contributed by atoms with Crippen molar-refractivity contribution in [1.82, 2.24) is 0 Å². The van der Waals surface area contributed by atoms with E-state index in [9.17, 15) is 0 Å². The van der Waals surface area contributed by atoms with E-state index in [4.69, 9.17) is 5.11 Å². The topological polar surface area (TPSA) is 20.2 Å². The van der Waals surface area contributed by atoms with Crippen molar-refractivity contribution in [3.8, 4) is 0 Å². The molecule has 0 spiro atoms. The zero-order valence-corrected chi connectivity index (χ0v) is 7.72. The molecule has 1 nitrogen and oxygen atoms in total. The van der Waals surface area contributed by atoms with Gasteiger partial charge in [0.2, 0.25) is 0 Å². The van der Waals surface area contributed by atoms with Crippen LogP contribution in [-0.2, 0) is 0 Å². The maximum atomic E-state index is 8.60. The number of rotatable bonds is 4. The molecule has 0 rings (SSSR count). The van der Waals surface area contributed by atoms with Crippen LogP contribution < -0.4 is 0 Å². The minimum absolute atomic E-state index is 0.286. The van der Waals surface area contributed by atoms with Gasteiger partial charge in [-0.2, -0.15) is 0 Å². The molecule has 0 amide bonds. The van der Waals surface area contributed by atoms with E-state index in [1.54, 1.807) is 0 Å². The molecule has 0 bridgehead atoms. The molecule has 1 heteroatoms. The summed E-state index contributed by atoms with van der Waals surface area (Å²) >= 11 is 0. The number of hydrogen-bond acceptors (Lipinski definition) is 1. The lowest BCUT2D eigenvalue weighted by Gasteiger charge is -1.99. The van der Waals surface area contributed by atoms with E-state index in [1.807, 2.05) is 6.92 Å². The Balaban J connectivity index is 3.89. The van der Waals surface area contributed by atoms with Gasteiger partial charge in [0, 0.05) is 6.61 Å². The van der Waals surface area contributed by atoms with E-state index < -0.39 is 0 Å². The van der Waals surface area contributed by atoms with Gasteiger partial charge in [-0.25, -0.2) is 0 Å². The summed E-state index contributed by atoms with van der Waals surface area (Å²) in [4.78, 5) is 0. The highest BCUT2D eigenvalue weighted by molar-refractivity contribution is 5.20. The fourth-order valence-electron chi connectivity index (χ4n) is 0.954. The van der Waals surface area contributed by atoms with Gasteiger partial charge in [-0.1, -0.05) is 23.3 Å². The Bertz CT molecular complexity index is 150. The molecular formula is C10H18O. The molecule has 0 saturated carbocycles. The van der Waals surface area contributed by atoms with Gasteiger partial charge < -0.3 is 5.11 Å². The quantitative estimate of drug-likeness (QED) is 0.617. The summed E-state index contributed by atoms with van der Waals surface area (Å²) in [5.74, 6) is 0. The van der Waals surface area contributed by atoms with Crippen LogP contribution in [0, 0.1) is 0 Å². The molecule has 0 aromatic rings. The van der Waals surface area contributed by atoms with Crippen molar-refractivity contribution in [3.63, 3.8) is 0 Å². The second-order valence-corrected chi connectivity index (χ2v) is 2.91. The highest BCUT2D eigenvalue weighted by atomic mass is 16.2. The molecule has 0 aliphatic heterocycles. The van der Waals surface area contributed by atoms with Crippen molar-refractivity contribution in [2.75, 3.05) is 6.61 Å². The van der Waals surface area contributed by atoms with Crippen molar-refractivity contribution in [1.29, 1.82) is 0 Å². The number of allylic oxidation sites excluding steroid dienone is 4. The number of aliphatic hydroxyl groups excluding tert-OH is 1. The first-order valence-corrected chi connectivity index (χ1v) is 4.11. The molecule has 0 unspecified atom stereocenters. The molecule has 0 saturated heterocycles. The van der Waals surface area contributed by atoms with Gasteiger partial charge >= 0.3 is 0 Å². The summed E-state index contributed by atoms with van der Waals surface area (Å²) in [6.07, 6.45) is 6.11. The van der Waals surface area contributed by atoms with Crippen molar-refractivity contribution < 1.29 is 5.11 Å². The Hall–Kier alpha value is -0.560. The first-order chi connectivity index (χ1) is 5.20. The van der Waals surface area contributed by atoms with Crippen molar-refractivity contribution in [2.45, 2.75) is 33.6 Å². The Morgan fingerprint density at radius 1 is 1.36 bits per heavy atom.